The Morgan fingerprint density at radius 1 is 1.09 bits per heavy atom. The number of nitrogens with one attached hydrogen (secondary N) is 1. The Labute approximate surface area is 130 Å². The van der Waals surface area contributed by atoms with Gasteiger partial charge in [-0.3, -0.25) is 0 Å². The summed E-state index contributed by atoms with van der Waals surface area (Å²) < 4.78 is 26.8. The molecule has 0 amide bonds. The Bertz CT molecular complexity index is 641. The van der Waals surface area contributed by atoms with Crippen molar-refractivity contribution in [2.45, 2.75) is 25.7 Å². The van der Waals surface area contributed by atoms with Gasteiger partial charge in [0.25, 0.3) is 0 Å². The first-order valence-corrected chi connectivity index (χ1v) is 7.84. The van der Waals surface area contributed by atoms with Crippen LogP contribution in [-0.2, 0) is 6.42 Å². The van der Waals surface area contributed by atoms with E-state index in [0.717, 1.165) is 31.5 Å². The third kappa shape index (κ3) is 2.78. The minimum absolute atomic E-state index is 0.0472. The SMILES string of the molecule is CC[C@@]1(Cc2ccccc2)CNC[C@@H]1c1ccc(F)c(F)c1. The van der Waals surface area contributed by atoms with Crippen molar-refractivity contribution >= 4 is 0 Å². The first kappa shape index (κ1) is 15.2. The summed E-state index contributed by atoms with van der Waals surface area (Å²) in [5, 5.41) is 3.45. The molecule has 1 heterocycles. The predicted molar refractivity (Wildman–Crippen MR) is 84.8 cm³/mol. The van der Waals surface area contributed by atoms with E-state index in [4.69, 9.17) is 0 Å². The van der Waals surface area contributed by atoms with Gasteiger partial charge >= 0.3 is 0 Å². The zero-order chi connectivity index (χ0) is 15.6. The summed E-state index contributed by atoms with van der Waals surface area (Å²) in [6.45, 7) is 3.90. The molecule has 1 nitrogen and oxygen atoms in total. The molecule has 1 aliphatic heterocycles. The van der Waals surface area contributed by atoms with E-state index in [1.807, 2.05) is 18.2 Å². The van der Waals surface area contributed by atoms with Crippen LogP contribution in [0.5, 0.6) is 0 Å². The first-order valence-electron chi connectivity index (χ1n) is 7.84. The van der Waals surface area contributed by atoms with E-state index in [1.165, 1.54) is 17.7 Å². The molecule has 2 aromatic carbocycles. The number of rotatable bonds is 4. The van der Waals surface area contributed by atoms with Gasteiger partial charge < -0.3 is 5.32 Å². The topological polar surface area (TPSA) is 12.0 Å². The third-order valence-corrected chi connectivity index (χ3v) is 5.01. The molecule has 3 rings (SSSR count). The van der Waals surface area contributed by atoms with Gasteiger partial charge in [0.2, 0.25) is 0 Å². The van der Waals surface area contributed by atoms with Crippen molar-refractivity contribution in [1.82, 2.24) is 5.32 Å². The van der Waals surface area contributed by atoms with Crippen LogP contribution in [0.25, 0.3) is 0 Å². The average molecular weight is 301 g/mol. The van der Waals surface area contributed by atoms with Crippen LogP contribution in [0.3, 0.4) is 0 Å². The lowest BCUT2D eigenvalue weighted by Crippen LogP contribution is -2.31. The van der Waals surface area contributed by atoms with Crippen molar-refractivity contribution in [1.29, 1.82) is 0 Å². The van der Waals surface area contributed by atoms with Gasteiger partial charge in [0.15, 0.2) is 11.6 Å². The molecule has 116 valence electrons. The van der Waals surface area contributed by atoms with Crippen LogP contribution >= 0.6 is 0 Å². The molecule has 2 atom stereocenters. The lowest BCUT2D eigenvalue weighted by Gasteiger charge is -2.34. The quantitative estimate of drug-likeness (QED) is 0.888. The van der Waals surface area contributed by atoms with Gasteiger partial charge in [-0.2, -0.15) is 0 Å². The molecule has 1 N–H and O–H groups in total. The van der Waals surface area contributed by atoms with E-state index in [0.29, 0.717) is 0 Å². The van der Waals surface area contributed by atoms with Gasteiger partial charge in [0, 0.05) is 19.0 Å². The predicted octanol–water partition coefficient (Wildman–Crippen LogP) is 4.29. The molecule has 1 aliphatic rings. The first-order chi connectivity index (χ1) is 10.6. The molecular weight excluding hydrogens is 280 g/mol. The highest BCUT2D eigenvalue weighted by molar-refractivity contribution is 5.28. The lowest BCUT2D eigenvalue weighted by atomic mass is 9.69. The standard InChI is InChI=1S/C19H21F2N/c1-2-19(11-14-6-4-3-5-7-14)13-22-12-16(19)15-8-9-17(20)18(21)10-15/h3-10,16,22H,2,11-13H2,1H3/t16-,19-/m1/s1. The van der Waals surface area contributed by atoms with Gasteiger partial charge in [-0.05, 0) is 41.5 Å². The van der Waals surface area contributed by atoms with E-state index in [9.17, 15) is 8.78 Å². The van der Waals surface area contributed by atoms with Crippen LogP contribution in [0.15, 0.2) is 48.5 Å². The second kappa shape index (κ2) is 6.17. The molecule has 1 fully saturated rings. The van der Waals surface area contributed by atoms with Crippen molar-refractivity contribution in [2.24, 2.45) is 5.41 Å². The molecule has 0 spiro atoms. The summed E-state index contributed by atoms with van der Waals surface area (Å²) in [6.07, 6.45) is 1.94. The van der Waals surface area contributed by atoms with Crippen molar-refractivity contribution in [3.63, 3.8) is 0 Å². The summed E-state index contributed by atoms with van der Waals surface area (Å²) in [7, 11) is 0. The van der Waals surface area contributed by atoms with Crippen LogP contribution in [-0.4, -0.2) is 13.1 Å². The van der Waals surface area contributed by atoms with Crippen molar-refractivity contribution in [2.75, 3.05) is 13.1 Å². The second-order valence-corrected chi connectivity index (χ2v) is 6.24. The third-order valence-electron chi connectivity index (χ3n) is 5.01. The zero-order valence-electron chi connectivity index (χ0n) is 12.8. The average Bonchev–Trinajstić information content (AvgIpc) is 2.95. The van der Waals surface area contributed by atoms with E-state index in [2.05, 4.69) is 24.4 Å². The Morgan fingerprint density at radius 3 is 2.55 bits per heavy atom. The summed E-state index contributed by atoms with van der Waals surface area (Å²) >= 11 is 0. The summed E-state index contributed by atoms with van der Waals surface area (Å²) in [5.74, 6) is -1.33. The van der Waals surface area contributed by atoms with Gasteiger partial charge in [-0.25, -0.2) is 8.78 Å². The monoisotopic (exact) mass is 301 g/mol. The molecule has 0 aromatic heterocycles. The Hall–Kier alpha value is -1.74. The maximum atomic E-state index is 13.6. The van der Waals surface area contributed by atoms with Crippen LogP contribution in [0.2, 0.25) is 0 Å². The number of hydrogen-bond donors (Lipinski definition) is 1. The van der Waals surface area contributed by atoms with Crippen LogP contribution in [0.1, 0.15) is 30.4 Å². The highest BCUT2D eigenvalue weighted by atomic mass is 19.2. The Morgan fingerprint density at radius 2 is 1.86 bits per heavy atom. The maximum Gasteiger partial charge on any atom is 0.159 e. The summed E-state index contributed by atoms with van der Waals surface area (Å²) in [5.41, 5.74) is 2.23. The van der Waals surface area contributed by atoms with Gasteiger partial charge in [-0.1, -0.05) is 43.3 Å². The summed E-state index contributed by atoms with van der Waals surface area (Å²) in [4.78, 5) is 0. The molecule has 0 radical (unpaired) electrons. The van der Waals surface area contributed by atoms with E-state index in [-0.39, 0.29) is 11.3 Å². The smallest absolute Gasteiger partial charge is 0.159 e. The molecule has 0 bridgehead atoms. The van der Waals surface area contributed by atoms with E-state index >= 15 is 0 Å². The zero-order valence-corrected chi connectivity index (χ0v) is 12.8. The van der Waals surface area contributed by atoms with Crippen LogP contribution in [0.4, 0.5) is 8.78 Å². The van der Waals surface area contributed by atoms with Gasteiger partial charge in [-0.15, -0.1) is 0 Å². The Kier molecular flexibility index (Phi) is 4.25. The normalized spacial score (nSPS) is 24.6. The van der Waals surface area contributed by atoms with Crippen LogP contribution < -0.4 is 5.32 Å². The highest BCUT2D eigenvalue weighted by Gasteiger charge is 2.42. The van der Waals surface area contributed by atoms with Gasteiger partial charge in [0.05, 0.1) is 0 Å². The largest absolute Gasteiger partial charge is 0.316 e. The number of halogens is 2. The van der Waals surface area contributed by atoms with Gasteiger partial charge in [0.1, 0.15) is 0 Å². The summed E-state index contributed by atoms with van der Waals surface area (Å²) in [6, 6.07) is 14.7. The Balaban J connectivity index is 1.93. The van der Waals surface area contributed by atoms with Crippen molar-refractivity contribution < 1.29 is 8.78 Å². The molecule has 2 aromatic rings. The lowest BCUT2D eigenvalue weighted by molar-refractivity contribution is 0.269. The second-order valence-electron chi connectivity index (χ2n) is 6.24. The fourth-order valence-electron chi connectivity index (χ4n) is 3.69. The minimum atomic E-state index is -0.778. The van der Waals surface area contributed by atoms with Crippen molar-refractivity contribution in [3.05, 3.63) is 71.3 Å². The molecule has 0 saturated carbocycles. The fourth-order valence-corrected chi connectivity index (χ4v) is 3.69. The molecule has 22 heavy (non-hydrogen) atoms. The maximum absolute atomic E-state index is 13.6. The fraction of sp³-hybridized carbons (Fsp3) is 0.368. The molecule has 0 aliphatic carbocycles. The molecule has 1 saturated heterocycles. The molecule has 3 heteroatoms. The van der Waals surface area contributed by atoms with E-state index < -0.39 is 11.6 Å². The molecule has 0 unspecified atom stereocenters. The van der Waals surface area contributed by atoms with Crippen molar-refractivity contribution in [3.8, 4) is 0 Å². The highest BCUT2D eigenvalue weighted by Crippen LogP contribution is 2.44. The van der Waals surface area contributed by atoms with E-state index in [1.54, 1.807) is 6.07 Å². The van der Waals surface area contributed by atoms with Crippen LogP contribution in [0, 0.1) is 17.0 Å². The number of benzene rings is 2. The number of hydrogen-bond acceptors (Lipinski definition) is 1. The minimum Gasteiger partial charge on any atom is -0.316 e. The molecular formula is C19H21F2N.